The highest BCUT2D eigenvalue weighted by atomic mass is 16.6. The first-order chi connectivity index (χ1) is 17.1. The van der Waals surface area contributed by atoms with E-state index < -0.39 is 35.0 Å². The molecule has 2 N–H and O–H groups in total. The predicted octanol–water partition coefficient (Wildman–Crippen LogP) is 4.87. The van der Waals surface area contributed by atoms with E-state index in [0.717, 1.165) is 5.56 Å². The molecule has 0 aromatic heterocycles. The Kier molecular flexibility index (Phi) is 8.26. The van der Waals surface area contributed by atoms with Crippen molar-refractivity contribution in [1.29, 1.82) is 0 Å². The van der Waals surface area contributed by atoms with Crippen molar-refractivity contribution < 1.29 is 29.1 Å². The molecule has 190 valence electrons. The molecule has 0 amide bonds. The number of dihydropyridines is 1. The fourth-order valence-corrected chi connectivity index (χ4v) is 4.54. The molecule has 9 heteroatoms. The van der Waals surface area contributed by atoms with Crippen LogP contribution >= 0.6 is 0 Å². The third kappa shape index (κ3) is 5.46. The summed E-state index contributed by atoms with van der Waals surface area (Å²) in [5, 5.41) is 24.4. The van der Waals surface area contributed by atoms with E-state index in [0.29, 0.717) is 17.0 Å². The molecule has 0 aliphatic carbocycles. The number of carbonyl (C=O) groups excluding carboxylic acids is 1. The highest BCUT2D eigenvalue weighted by molar-refractivity contribution is 5.99. The van der Waals surface area contributed by atoms with Crippen LogP contribution in [-0.4, -0.2) is 35.2 Å². The van der Waals surface area contributed by atoms with E-state index in [1.165, 1.54) is 25.3 Å². The van der Waals surface area contributed by atoms with Gasteiger partial charge in [-0.2, -0.15) is 0 Å². The van der Waals surface area contributed by atoms with Gasteiger partial charge in [-0.05, 0) is 30.9 Å². The molecular weight excluding hydrogens is 464 g/mol. The van der Waals surface area contributed by atoms with Crippen LogP contribution in [-0.2, 0) is 19.1 Å². The van der Waals surface area contributed by atoms with Gasteiger partial charge in [0.15, 0.2) is 0 Å². The first-order valence-corrected chi connectivity index (χ1v) is 11.5. The number of nitrogens with one attached hydrogen (secondary N) is 1. The maximum Gasteiger partial charge on any atom is 0.337 e. The zero-order valence-electron chi connectivity index (χ0n) is 20.8. The normalized spacial score (nSPS) is 17.4. The fraction of sp³-hybridized carbons (Fsp3) is 0.333. The highest BCUT2D eigenvalue weighted by Crippen LogP contribution is 2.40. The first-order valence-electron chi connectivity index (χ1n) is 11.5. The van der Waals surface area contributed by atoms with E-state index in [-0.39, 0.29) is 22.8 Å². The molecule has 2 aromatic rings. The summed E-state index contributed by atoms with van der Waals surface area (Å²) in [5.41, 5.74) is 1.68. The lowest BCUT2D eigenvalue weighted by Gasteiger charge is -2.33. The number of nitrogens with zero attached hydrogens (tertiary/aromatic N) is 1. The van der Waals surface area contributed by atoms with E-state index in [1.807, 2.05) is 44.2 Å². The second-order valence-corrected chi connectivity index (χ2v) is 8.97. The molecular formula is C27H30N2O7. The summed E-state index contributed by atoms with van der Waals surface area (Å²) in [6.07, 6.45) is -1.24. The minimum absolute atomic E-state index is 0.0760. The zero-order chi connectivity index (χ0) is 26.6. The molecule has 9 nitrogen and oxygen atoms in total. The van der Waals surface area contributed by atoms with Crippen molar-refractivity contribution in [2.75, 3.05) is 7.11 Å². The number of carboxylic acids is 1. The summed E-state index contributed by atoms with van der Waals surface area (Å²) in [7, 11) is 1.54. The molecule has 0 fully saturated rings. The third-order valence-electron chi connectivity index (χ3n) is 6.21. The first kappa shape index (κ1) is 26.6. The minimum Gasteiger partial charge on any atom is -0.478 e. The lowest BCUT2D eigenvalue weighted by Crippen LogP contribution is -2.36. The number of nitro benzene ring substituents is 1. The summed E-state index contributed by atoms with van der Waals surface area (Å²) in [6, 6.07) is 15.0. The van der Waals surface area contributed by atoms with Crippen LogP contribution in [0.15, 0.2) is 77.1 Å². The SMILES string of the molecule is COC(c1ccccc1)C(OC(=O)C1=C(C)NC(C)=C(C(=O)O)C1c1cccc([N+](=O)[O-])c1)C(C)C. The zero-order valence-corrected chi connectivity index (χ0v) is 20.8. The van der Waals surface area contributed by atoms with Gasteiger partial charge in [-0.1, -0.05) is 56.3 Å². The smallest absolute Gasteiger partial charge is 0.337 e. The minimum atomic E-state index is -1.24. The van der Waals surface area contributed by atoms with Crippen LogP contribution in [0.1, 0.15) is 50.8 Å². The molecule has 0 spiro atoms. The van der Waals surface area contributed by atoms with Crippen LogP contribution in [0.2, 0.25) is 0 Å². The molecule has 1 aliphatic rings. The van der Waals surface area contributed by atoms with E-state index >= 15 is 0 Å². The Balaban J connectivity index is 2.08. The fourth-order valence-electron chi connectivity index (χ4n) is 4.54. The number of carbonyl (C=O) groups is 2. The molecule has 0 saturated heterocycles. The summed E-state index contributed by atoms with van der Waals surface area (Å²) in [5.74, 6) is -3.17. The molecule has 1 aliphatic heterocycles. The van der Waals surface area contributed by atoms with Crippen molar-refractivity contribution >= 4 is 17.6 Å². The lowest BCUT2D eigenvalue weighted by molar-refractivity contribution is -0.384. The van der Waals surface area contributed by atoms with Crippen molar-refractivity contribution in [2.24, 2.45) is 5.92 Å². The van der Waals surface area contributed by atoms with E-state index in [1.54, 1.807) is 19.9 Å². The molecule has 2 aromatic carbocycles. The predicted molar refractivity (Wildman–Crippen MR) is 133 cm³/mol. The van der Waals surface area contributed by atoms with Crippen molar-refractivity contribution in [1.82, 2.24) is 5.32 Å². The number of ether oxygens (including phenoxy) is 2. The Hall–Kier alpha value is -3.98. The van der Waals surface area contributed by atoms with Gasteiger partial charge in [-0.15, -0.1) is 0 Å². The summed E-state index contributed by atoms with van der Waals surface area (Å²) in [4.78, 5) is 36.9. The number of benzene rings is 2. The summed E-state index contributed by atoms with van der Waals surface area (Å²) < 4.78 is 11.7. The van der Waals surface area contributed by atoms with Gasteiger partial charge in [0.05, 0.1) is 22.0 Å². The van der Waals surface area contributed by atoms with Crippen LogP contribution in [0.25, 0.3) is 0 Å². The molecule has 0 radical (unpaired) electrons. The Morgan fingerprint density at radius 1 is 1.03 bits per heavy atom. The van der Waals surface area contributed by atoms with Gasteiger partial charge in [-0.3, -0.25) is 10.1 Å². The van der Waals surface area contributed by atoms with Crippen molar-refractivity contribution in [2.45, 2.75) is 45.8 Å². The molecule has 3 atom stereocenters. The van der Waals surface area contributed by atoms with E-state index in [9.17, 15) is 24.8 Å². The van der Waals surface area contributed by atoms with Crippen molar-refractivity contribution in [3.8, 4) is 0 Å². The molecule has 1 heterocycles. The number of hydrogen-bond donors (Lipinski definition) is 2. The number of esters is 1. The quantitative estimate of drug-likeness (QED) is 0.287. The maximum absolute atomic E-state index is 13.7. The van der Waals surface area contributed by atoms with Crippen LogP contribution in [0, 0.1) is 16.0 Å². The Bertz CT molecular complexity index is 1220. The number of non-ortho nitro benzene ring substituents is 1. The van der Waals surface area contributed by atoms with Gasteiger partial charge in [0.25, 0.3) is 5.69 Å². The van der Waals surface area contributed by atoms with Gasteiger partial charge in [0.1, 0.15) is 12.2 Å². The lowest BCUT2D eigenvalue weighted by atomic mass is 9.80. The highest BCUT2D eigenvalue weighted by Gasteiger charge is 2.40. The second-order valence-electron chi connectivity index (χ2n) is 8.97. The number of rotatable bonds is 9. The van der Waals surface area contributed by atoms with Gasteiger partial charge >= 0.3 is 11.9 Å². The van der Waals surface area contributed by atoms with Gasteiger partial charge < -0.3 is 19.9 Å². The number of nitro groups is 1. The van der Waals surface area contributed by atoms with Crippen LogP contribution < -0.4 is 5.32 Å². The Morgan fingerprint density at radius 3 is 2.22 bits per heavy atom. The summed E-state index contributed by atoms with van der Waals surface area (Å²) >= 11 is 0. The number of allylic oxidation sites excluding steroid dienone is 2. The van der Waals surface area contributed by atoms with E-state index in [4.69, 9.17) is 9.47 Å². The monoisotopic (exact) mass is 494 g/mol. The van der Waals surface area contributed by atoms with Crippen LogP contribution in [0.3, 0.4) is 0 Å². The average molecular weight is 495 g/mol. The molecule has 36 heavy (non-hydrogen) atoms. The Labute approximate surface area is 209 Å². The number of aliphatic carboxylic acids is 1. The Morgan fingerprint density at radius 2 is 1.67 bits per heavy atom. The molecule has 0 saturated carbocycles. The van der Waals surface area contributed by atoms with E-state index in [2.05, 4.69) is 5.32 Å². The molecule has 3 unspecified atom stereocenters. The van der Waals surface area contributed by atoms with Gasteiger partial charge in [-0.25, -0.2) is 9.59 Å². The van der Waals surface area contributed by atoms with Crippen LogP contribution in [0.5, 0.6) is 0 Å². The van der Waals surface area contributed by atoms with Crippen molar-refractivity contribution in [3.05, 3.63) is 98.4 Å². The molecule has 3 rings (SSSR count). The van der Waals surface area contributed by atoms with Gasteiger partial charge in [0, 0.05) is 30.6 Å². The number of methoxy groups -OCH3 is 1. The topological polar surface area (TPSA) is 128 Å². The molecule has 0 bridgehead atoms. The number of carboxylic acid groups (broad SMARTS) is 1. The van der Waals surface area contributed by atoms with Crippen LogP contribution in [0.4, 0.5) is 5.69 Å². The van der Waals surface area contributed by atoms with Gasteiger partial charge in [0.2, 0.25) is 0 Å². The second kappa shape index (κ2) is 11.2. The number of hydrogen-bond acceptors (Lipinski definition) is 7. The largest absolute Gasteiger partial charge is 0.478 e. The standard InChI is InChI=1S/C27H30N2O7/c1-15(2)24(25(35-5)18-10-7-6-8-11-18)36-27(32)22-17(4)28-16(3)21(26(30)31)23(22)19-12-9-13-20(14-19)29(33)34/h6-15,23-25,28H,1-5H3,(H,30,31). The summed E-state index contributed by atoms with van der Waals surface area (Å²) in [6.45, 7) is 7.04. The maximum atomic E-state index is 13.7. The van der Waals surface area contributed by atoms with Crippen molar-refractivity contribution in [3.63, 3.8) is 0 Å². The third-order valence-corrected chi connectivity index (χ3v) is 6.21. The average Bonchev–Trinajstić information content (AvgIpc) is 2.83.